The lowest BCUT2D eigenvalue weighted by molar-refractivity contribution is -0.385. The Balaban J connectivity index is 1.64. The first-order valence-corrected chi connectivity index (χ1v) is 9.11. The van der Waals surface area contributed by atoms with Crippen molar-refractivity contribution in [1.29, 1.82) is 0 Å². The molecule has 2 N–H and O–H groups in total. The van der Waals surface area contributed by atoms with Crippen LogP contribution in [0.3, 0.4) is 0 Å². The number of nitrogens with one attached hydrogen (secondary N) is 2. The lowest BCUT2D eigenvalue weighted by Gasteiger charge is -2.07. The minimum absolute atomic E-state index is 0.144. The lowest BCUT2D eigenvalue weighted by atomic mass is 10.1. The average Bonchev–Trinajstić information content (AvgIpc) is 3.09. The molecule has 0 spiro atoms. The summed E-state index contributed by atoms with van der Waals surface area (Å²) in [5.74, 6) is -1.05. The molecule has 0 saturated heterocycles. The standard InChI is InChI=1S/C19H16N4O4S/c1-12-17(28-19(20-12)13-7-3-2-4-8-13)18(25)22-21-16(24)11-14-9-5-6-10-15(14)23(26)27/h2-10H,11H2,1H3,(H,21,24)(H,22,25). The topological polar surface area (TPSA) is 114 Å². The van der Waals surface area contributed by atoms with Crippen LogP contribution in [0.5, 0.6) is 0 Å². The number of thiazole rings is 1. The number of benzene rings is 2. The van der Waals surface area contributed by atoms with E-state index in [9.17, 15) is 19.7 Å². The number of aromatic nitrogens is 1. The molecule has 0 bridgehead atoms. The summed E-state index contributed by atoms with van der Waals surface area (Å²) in [5.41, 5.74) is 6.19. The molecule has 142 valence electrons. The van der Waals surface area contributed by atoms with Crippen molar-refractivity contribution >= 4 is 28.8 Å². The van der Waals surface area contributed by atoms with E-state index in [1.807, 2.05) is 30.3 Å². The molecule has 0 aliphatic heterocycles. The van der Waals surface area contributed by atoms with Gasteiger partial charge >= 0.3 is 0 Å². The highest BCUT2D eigenvalue weighted by Gasteiger charge is 2.18. The van der Waals surface area contributed by atoms with Crippen LogP contribution < -0.4 is 10.9 Å². The number of carbonyl (C=O) groups excluding carboxylic acids is 2. The molecule has 3 aromatic rings. The fraction of sp³-hybridized carbons (Fsp3) is 0.105. The molecule has 0 fully saturated rings. The molecule has 1 heterocycles. The Kier molecular flexibility index (Phi) is 5.75. The summed E-state index contributed by atoms with van der Waals surface area (Å²) in [6.07, 6.45) is -0.228. The summed E-state index contributed by atoms with van der Waals surface area (Å²) in [5, 5.41) is 11.7. The van der Waals surface area contributed by atoms with Gasteiger partial charge in [-0.15, -0.1) is 11.3 Å². The fourth-order valence-electron chi connectivity index (χ4n) is 2.55. The van der Waals surface area contributed by atoms with Crippen LogP contribution in [0.2, 0.25) is 0 Å². The molecule has 9 heteroatoms. The summed E-state index contributed by atoms with van der Waals surface area (Å²) in [6.45, 7) is 1.72. The summed E-state index contributed by atoms with van der Waals surface area (Å²) in [6, 6.07) is 15.4. The molecule has 2 aromatic carbocycles. The van der Waals surface area contributed by atoms with Gasteiger partial charge in [-0.3, -0.25) is 30.6 Å². The lowest BCUT2D eigenvalue weighted by Crippen LogP contribution is -2.42. The molecule has 28 heavy (non-hydrogen) atoms. The first-order chi connectivity index (χ1) is 13.5. The summed E-state index contributed by atoms with van der Waals surface area (Å²) < 4.78 is 0. The number of amides is 2. The predicted octanol–water partition coefficient (Wildman–Crippen LogP) is 3.03. The monoisotopic (exact) mass is 396 g/mol. The number of hydrogen-bond acceptors (Lipinski definition) is 6. The van der Waals surface area contributed by atoms with Crippen molar-refractivity contribution in [2.24, 2.45) is 0 Å². The van der Waals surface area contributed by atoms with Gasteiger partial charge in [0, 0.05) is 17.2 Å². The molecule has 0 atom stereocenters. The van der Waals surface area contributed by atoms with E-state index in [2.05, 4.69) is 15.8 Å². The van der Waals surface area contributed by atoms with Gasteiger partial charge in [0.1, 0.15) is 9.88 Å². The van der Waals surface area contributed by atoms with Crippen LogP contribution in [0, 0.1) is 17.0 Å². The number of para-hydroxylation sites is 1. The van der Waals surface area contributed by atoms with Gasteiger partial charge in [-0.2, -0.15) is 0 Å². The van der Waals surface area contributed by atoms with Crippen molar-refractivity contribution in [3.63, 3.8) is 0 Å². The molecule has 8 nitrogen and oxygen atoms in total. The third-order valence-electron chi connectivity index (χ3n) is 3.88. The molecule has 3 rings (SSSR count). The third kappa shape index (κ3) is 4.38. The Hall–Kier alpha value is -3.59. The van der Waals surface area contributed by atoms with Gasteiger partial charge < -0.3 is 0 Å². The molecule has 1 aromatic heterocycles. The maximum Gasteiger partial charge on any atom is 0.281 e. The van der Waals surface area contributed by atoms with E-state index < -0.39 is 16.7 Å². The average molecular weight is 396 g/mol. The minimum atomic E-state index is -0.562. The van der Waals surface area contributed by atoms with Gasteiger partial charge in [0.2, 0.25) is 5.91 Å². The Bertz CT molecular complexity index is 1030. The highest BCUT2D eigenvalue weighted by atomic mass is 32.1. The zero-order chi connectivity index (χ0) is 20.1. The van der Waals surface area contributed by atoms with Gasteiger partial charge in [0.15, 0.2) is 0 Å². The van der Waals surface area contributed by atoms with Crippen LogP contribution in [-0.4, -0.2) is 21.7 Å². The van der Waals surface area contributed by atoms with E-state index in [1.54, 1.807) is 13.0 Å². The van der Waals surface area contributed by atoms with E-state index in [0.29, 0.717) is 15.6 Å². The quantitative estimate of drug-likeness (QED) is 0.508. The van der Waals surface area contributed by atoms with Gasteiger partial charge in [0.25, 0.3) is 11.6 Å². The second-order valence-electron chi connectivity index (χ2n) is 5.86. The maximum absolute atomic E-state index is 12.4. The van der Waals surface area contributed by atoms with Crippen LogP contribution in [0.25, 0.3) is 10.6 Å². The predicted molar refractivity (Wildman–Crippen MR) is 105 cm³/mol. The van der Waals surface area contributed by atoms with Crippen molar-refractivity contribution < 1.29 is 14.5 Å². The Labute approximate surface area is 164 Å². The molecular weight excluding hydrogens is 380 g/mol. The van der Waals surface area contributed by atoms with Crippen molar-refractivity contribution in [2.75, 3.05) is 0 Å². The van der Waals surface area contributed by atoms with Gasteiger partial charge in [-0.05, 0) is 6.92 Å². The van der Waals surface area contributed by atoms with Crippen molar-refractivity contribution in [3.05, 3.63) is 80.8 Å². The molecule has 0 radical (unpaired) electrons. The van der Waals surface area contributed by atoms with Crippen molar-refractivity contribution in [3.8, 4) is 10.6 Å². The molecule has 0 saturated carbocycles. The molecule has 0 unspecified atom stereocenters. The summed E-state index contributed by atoms with van der Waals surface area (Å²) in [7, 11) is 0. The number of aryl methyl sites for hydroxylation is 1. The summed E-state index contributed by atoms with van der Waals surface area (Å²) in [4.78, 5) is 39.7. The van der Waals surface area contributed by atoms with Gasteiger partial charge in [0.05, 0.1) is 17.0 Å². The number of hydrogen-bond donors (Lipinski definition) is 2. The molecule has 0 aliphatic carbocycles. The zero-order valence-corrected chi connectivity index (χ0v) is 15.7. The number of hydrazine groups is 1. The first-order valence-electron chi connectivity index (χ1n) is 8.30. The van der Waals surface area contributed by atoms with Gasteiger partial charge in [-0.1, -0.05) is 48.5 Å². The second kappa shape index (κ2) is 8.40. The van der Waals surface area contributed by atoms with Crippen molar-refractivity contribution in [2.45, 2.75) is 13.3 Å². The van der Waals surface area contributed by atoms with E-state index in [0.717, 1.165) is 5.56 Å². The third-order valence-corrected chi connectivity index (χ3v) is 5.08. The number of nitrogens with zero attached hydrogens (tertiary/aromatic N) is 2. The van der Waals surface area contributed by atoms with E-state index in [1.165, 1.54) is 29.5 Å². The first kappa shape index (κ1) is 19.2. The largest absolute Gasteiger partial charge is 0.281 e. The molecular formula is C19H16N4O4S. The Morgan fingerprint density at radius 2 is 1.75 bits per heavy atom. The zero-order valence-electron chi connectivity index (χ0n) is 14.8. The molecule has 2 amide bonds. The SMILES string of the molecule is Cc1nc(-c2ccccc2)sc1C(=O)NNC(=O)Cc1ccccc1[N+](=O)[O-]. The van der Waals surface area contributed by atoms with E-state index in [4.69, 9.17) is 0 Å². The minimum Gasteiger partial charge on any atom is -0.273 e. The molecule has 0 aliphatic rings. The summed E-state index contributed by atoms with van der Waals surface area (Å²) >= 11 is 1.22. The number of nitro benzene ring substituents is 1. The van der Waals surface area contributed by atoms with Crippen LogP contribution in [0.4, 0.5) is 5.69 Å². The maximum atomic E-state index is 12.4. The number of carbonyl (C=O) groups is 2. The van der Waals surface area contributed by atoms with Crippen LogP contribution in [-0.2, 0) is 11.2 Å². The Morgan fingerprint density at radius 1 is 1.07 bits per heavy atom. The smallest absolute Gasteiger partial charge is 0.273 e. The van der Waals surface area contributed by atoms with E-state index >= 15 is 0 Å². The fourth-order valence-corrected chi connectivity index (χ4v) is 3.52. The normalized spacial score (nSPS) is 10.3. The Morgan fingerprint density at radius 3 is 2.46 bits per heavy atom. The second-order valence-corrected chi connectivity index (χ2v) is 6.86. The van der Waals surface area contributed by atoms with Crippen molar-refractivity contribution in [1.82, 2.24) is 15.8 Å². The van der Waals surface area contributed by atoms with Crippen LogP contribution >= 0.6 is 11.3 Å². The van der Waals surface area contributed by atoms with Crippen LogP contribution in [0.1, 0.15) is 20.9 Å². The highest BCUT2D eigenvalue weighted by Crippen LogP contribution is 2.27. The number of rotatable bonds is 5. The van der Waals surface area contributed by atoms with Crippen LogP contribution in [0.15, 0.2) is 54.6 Å². The van der Waals surface area contributed by atoms with E-state index in [-0.39, 0.29) is 17.7 Å². The van der Waals surface area contributed by atoms with Gasteiger partial charge in [-0.25, -0.2) is 4.98 Å². The highest BCUT2D eigenvalue weighted by molar-refractivity contribution is 7.17. The number of nitro groups is 1.